The third kappa shape index (κ3) is 5.43. The molecule has 0 aliphatic rings. The minimum Gasteiger partial charge on any atom is -0.465 e. The summed E-state index contributed by atoms with van der Waals surface area (Å²) in [5, 5.41) is 2.70. The second-order valence-corrected chi connectivity index (χ2v) is 5.55. The largest absolute Gasteiger partial charge is 0.465 e. The SMILES string of the molecule is COC(=O)c1ccc(C(CN)NC(=O)OC(C)(C)C)cc1. The van der Waals surface area contributed by atoms with Crippen molar-refractivity contribution in [2.24, 2.45) is 5.73 Å². The molecule has 0 spiro atoms. The molecule has 1 unspecified atom stereocenters. The van der Waals surface area contributed by atoms with E-state index in [9.17, 15) is 9.59 Å². The molecule has 21 heavy (non-hydrogen) atoms. The highest BCUT2D eigenvalue weighted by Gasteiger charge is 2.20. The van der Waals surface area contributed by atoms with Crippen LogP contribution in [-0.4, -0.2) is 31.3 Å². The van der Waals surface area contributed by atoms with Crippen LogP contribution < -0.4 is 11.1 Å². The first kappa shape index (κ1) is 17.0. The highest BCUT2D eigenvalue weighted by Crippen LogP contribution is 2.15. The molecule has 1 rings (SSSR count). The molecular formula is C15H22N2O4. The van der Waals surface area contributed by atoms with Crippen LogP contribution in [-0.2, 0) is 9.47 Å². The molecule has 0 bridgehead atoms. The van der Waals surface area contributed by atoms with Crippen LogP contribution in [0.4, 0.5) is 4.79 Å². The number of methoxy groups -OCH3 is 1. The van der Waals surface area contributed by atoms with Gasteiger partial charge in [-0.1, -0.05) is 12.1 Å². The maximum Gasteiger partial charge on any atom is 0.408 e. The van der Waals surface area contributed by atoms with E-state index in [1.165, 1.54) is 7.11 Å². The van der Waals surface area contributed by atoms with Crippen molar-refractivity contribution < 1.29 is 19.1 Å². The van der Waals surface area contributed by atoms with E-state index in [1.54, 1.807) is 45.0 Å². The van der Waals surface area contributed by atoms with Gasteiger partial charge < -0.3 is 20.5 Å². The summed E-state index contributed by atoms with van der Waals surface area (Å²) in [6.45, 7) is 5.58. The lowest BCUT2D eigenvalue weighted by Crippen LogP contribution is -2.37. The summed E-state index contributed by atoms with van der Waals surface area (Å²) < 4.78 is 9.82. The van der Waals surface area contributed by atoms with Crippen molar-refractivity contribution in [1.29, 1.82) is 0 Å². The molecule has 116 valence electrons. The summed E-state index contributed by atoms with van der Waals surface area (Å²) in [6, 6.07) is 6.32. The van der Waals surface area contributed by atoms with Crippen LogP contribution in [0.5, 0.6) is 0 Å². The average Bonchev–Trinajstić information content (AvgIpc) is 2.42. The molecule has 0 fully saturated rings. The average molecular weight is 294 g/mol. The van der Waals surface area contributed by atoms with Gasteiger partial charge in [0.2, 0.25) is 0 Å². The molecule has 1 aromatic rings. The van der Waals surface area contributed by atoms with E-state index in [2.05, 4.69) is 10.1 Å². The Hall–Kier alpha value is -2.08. The molecule has 3 N–H and O–H groups in total. The Morgan fingerprint density at radius 3 is 2.24 bits per heavy atom. The lowest BCUT2D eigenvalue weighted by molar-refractivity contribution is 0.0503. The Bertz CT molecular complexity index is 491. The zero-order chi connectivity index (χ0) is 16.0. The summed E-state index contributed by atoms with van der Waals surface area (Å²) in [7, 11) is 1.32. The molecule has 1 aromatic carbocycles. The monoisotopic (exact) mass is 294 g/mol. The number of rotatable bonds is 4. The van der Waals surface area contributed by atoms with Crippen molar-refractivity contribution in [3.05, 3.63) is 35.4 Å². The predicted octanol–water partition coefficient (Wildman–Crippen LogP) is 2.00. The zero-order valence-electron chi connectivity index (χ0n) is 12.8. The first-order valence-corrected chi connectivity index (χ1v) is 6.64. The maximum absolute atomic E-state index is 11.8. The van der Waals surface area contributed by atoms with Gasteiger partial charge in [0.05, 0.1) is 18.7 Å². The van der Waals surface area contributed by atoms with Crippen LogP contribution >= 0.6 is 0 Å². The standard InChI is InChI=1S/C15H22N2O4/c1-15(2,3)21-14(19)17-12(9-16)10-5-7-11(8-6-10)13(18)20-4/h5-8,12H,9,16H2,1-4H3,(H,17,19). The molecule has 0 aromatic heterocycles. The first-order valence-electron chi connectivity index (χ1n) is 6.64. The Morgan fingerprint density at radius 1 is 1.24 bits per heavy atom. The second-order valence-electron chi connectivity index (χ2n) is 5.55. The molecule has 0 radical (unpaired) electrons. The summed E-state index contributed by atoms with van der Waals surface area (Å²) in [5.41, 5.74) is 6.33. The summed E-state index contributed by atoms with van der Waals surface area (Å²) >= 11 is 0. The van der Waals surface area contributed by atoms with Crippen molar-refractivity contribution in [1.82, 2.24) is 5.32 Å². The van der Waals surface area contributed by atoms with Crippen molar-refractivity contribution >= 4 is 12.1 Å². The topological polar surface area (TPSA) is 90.6 Å². The van der Waals surface area contributed by atoms with Gasteiger partial charge in [-0.2, -0.15) is 0 Å². The predicted molar refractivity (Wildman–Crippen MR) is 78.9 cm³/mol. The number of carbonyl (C=O) groups is 2. The summed E-state index contributed by atoms with van der Waals surface area (Å²) in [5.74, 6) is -0.411. The molecule has 0 aliphatic heterocycles. The smallest absolute Gasteiger partial charge is 0.408 e. The van der Waals surface area contributed by atoms with Gasteiger partial charge in [-0.3, -0.25) is 0 Å². The highest BCUT2D eigenvalue weighted by molar-refractivity contribution is 5.89. The minimum absolute atomic E-state index is 0.219. The number of amides is 1. The van der Waals surface area contributed by atoms with E-state index in [4.69, 9.17) is 10.5 Å². The van der Waals surface area contributed by atoms with Crippen LogP contribution in [0.3, 0.4) is 0 Å². The number of alkyl carbamates (subject to hydrolysis) is 1. The summed E-state index contributed by atoms with van der Waals surface area (Å²) in [4.78, 5) is 23.1. The Balaban J connectivity index is 2.76. The van der Waals surface area contributed by atoms with Gasteiger partial charge in [-0.25, -0.2) is 9.59 Å². The van der Waals surface area contributed by atoms with Crippen LogP contribution in [0.25, 0.3) is 0 Å². The highest BCUT2D eigenvalue weighted by atomic mass is 16.6. The molecule has 1 amide bonds. The molecule has 0 saturated heterocycles. The quantitative estimate of drug-likeness (QED) is 0.829. The number of carbonyl (C=O) groups excluding carboxylic acids is 2. The number of nitrogens with one attached hydrogen (secondary N) is 1. The van der Waals surface area contributed by atoms with E-state index >= 15 is 0 Å². The van der Waals surface area contributed by atoms with Crippen molar-refractivity contribution in [3.63, 3.8) is 0 Å². The maximum atomic E-state index is 11.8. The Kier molecular flexibility index (Phi) is 5.72. The number of esters is 1. The fourth-order valence-corrected chi connectivity index (χ4v) is 1.70. The molecule has 0 heterocycles. The number of benzene rings is 1. The second kappa shape index (κ2) is 7.08. The van der Waals surface area contributed by atoms with Gasteiger partial charge in [-0.15, -0.1) is 0 Å². The molecule has 0 aliphatic carbocycles. The third-order valence-electron chi connectivity index (χ3n) is 2.66. The lowest BCUT2D eigenvalue weighted by atomic mass is 10.0. The van der Waals surface area contributed by atoms with Gasteiger partial charge in [0, 0.05) is 6.54 Å². The van der Waals surface area contributed by atoms with Gasteiger partial charge in [0.25, 0.3) is 0 Å². The van der Waals surface area contributed by atoms with E-state index < -0.39 is 17.7 Å². The van der Waals surface area contributed by atoms with E-state index in [0.717, 1.165) is 5.56 Å². The minimum atomic E-state index is -0.571. The number of nitrogens with two attached hydrogens (primary N) is 1. The number of hydrogen-bond donors (Lipinski definition) is 2. The summed E-state index contributed by atoms with van der Waals surface area (Å²) in [6.07, 6.45) is -0.532. The zero-order valence-corrected chi connectivity index (χ0v) is 12.8. The number of hydrogen-bond acceptors (Lipinski definition) is 5. The van der Waals surface area contributed by atoms with Crippen LogP contribution in [0.15, 0.2) is 24.3 Å². The van der Waals surface area contributed by atoms with Crippen molar-refractivity contribution in [2.75, 3.05) is 13.7 Å². The first-order chi connectivity index (χ1) is 9.76. The number of ether oxygens (including phenoxy) is 2. The van der Waals surface area contributed by atoms with Gasteiger partial charge in [0.15, 0.2) is 0 Å². The van der Waals surface area contributed by atoms with Crippen LogP contribution in [0.2, 0.25) is 0 Å². The molecule has 6 nitrogen and oxygen atoms in total. The van der Waals surface area contributed by atoms with Crippen LogP contribution in [0, 0.1) is 0 Å². The fourth-order valence-electron chi connectivity index (χ4n) is 1.70. The van der Waals surface area contributed by atoms with Crippen molar-refractivity contribution in [2.45, 2.75) is 32.4 Å². The van der Waals surface area contributed by atoms with Gasteiger partial charge in [-0.05, 0) is 38.5 Å². The fraction of sp³-hybridized carbons (Fsp3) is 0.467. The Morgan fingerprint density at radius 2 is 1.81 bits per heavy atom. The molecule has 1 atom stereocenters. The van der Waals surface area contributed by atoms with E-state index in [0.29, 0.717) is 5.56 Å². The van der Waals surface area contributed by atoms with Crippen molar-refractivity contribution in [3.8, 4) is 0 Å². The lowest BCUT2D eigenvalue weighted by Gasteiger charge is -2.23. The Labute approximate surface area is 124 Å². The van der Waals surface area contributed by atoms with Crippen LogP contribution in [0.1, 0.15) is 42.7 Å². The molecule has 0 saturated carbocycles. The van der Waals surface area contributed by atoms with Gasteiger partial charge >= 0.3 is 12.1 Å². The third-order valence-corrected chi connectivity index (χ3v) is 2.66. The van der Waals surface area contributed by atoms with Gasteiger partial charge in [0.1, 0.15) is 5.60 Å². The molecule has 6 heteroatoms. The molecular weight excluding hydrogens is 272 g/mol. The van der Waals surface area contributed by atoms with E-state index in [-0.39, 0.29) is 12.6 Å². The van der Waals surface area contributed by atoms with E-state index in [1.807, 2.05) is 0 Å². The normalized spacial score (nSPS) is 12.4.